The Balaban J connectivity index is 0.000000218. The van der Waals surface area contributed by atoms with Crippen LogP contribution in [0, 0.1) is 11.3 Å². The van der Waals surface area contributed by atoms with E-state index < -0.39 is 0 Å². The van der Waals surface area contributed by atoms with Crippen LogP contribution < -0.4 is 41.4 Å². The predicted octanol–water partition coefficient (Wildman–Crippen LogP) is 14.2. The highest BCUT2D eigenvalue weighted by Crippen LogP contribution is 2.35. The largest absolute Gasteiger partial charge is 0.494 e. The number of amides is 4. The number of furan rings is 2. The van der Waals surface area contributed by atoms with Gasteiger partial charge >= 0.3 is 12.1 Å². The molecule has 0 saturated carbocycles. The molecular weight excluding hydrogens is 1150 g/mol. The zero-order valence-corrected chi connectivity index (χ0v) is 53.8. The fraction of sp³-hybridized carbons (Fsp3) is 0.274. The lowest BCUT2D eigenvalue weighted by atomic mass is 10.1. The topological polar surface area (TPSA) is 214 Å². The molecule has 6 N–H and O–H groups in total. The molecule has 0 bridgehead atoms. The number of benzene rings is 6. The number of anilines is 6. The maximum Gasteiger partial charge on any atom is 0.323 e. The number of rotatable bonds is 28. The van der Waals surface area contributed by atoms with Gasteiger partial charge in [-0.15, -0.1) is 0 Å². The third-order valence-corrected chi connectivity index (χ3v) is 14.8. The SMILES string of the molecule is CN(C)CCCOc1ccc(-c2cc3c(NCCc4ccc(NC(=O)Nc5ccccc5CN(C)C)cc4)c(C#N)cnc3o2)cc1.CN(C)CCCOc1ccc(-c2cc3c(NCCc4ccc(NC(=O)Nc5ccccc5CN(C)C)cc4)ccnc3o2)cc1. The molecule has 0 aliphatic rings. The summed E-state index contributed by atoms with van der Waals surface area (Å²) in [6.45, 7) is 6.10. The van der Waals surface area contributed by atoms with Gasteiger partial charge in [-0.2, -0.15) is 5.26 Å². The maximum absolute atomic E-state index is 12.7. The number of pyridine rings is 2. The predicted molar refractivity (Wildman–Crippen MR) is 371 cm³/mol. The Morgan fingerprint density at radius 3 is 1.42 bits per heavy atom. The minimum atomic E-state index is -0.296. The number of ether oxygens (including phenoxy) is 2. The fourth-order valence-electron chi connectivity index (χ4n) is 10.2. The van der Waals surface area contributed by atoms with E-state index in [-0.39, 0.29) is 12.1 Å². The number of carbonyl (C=O) groups is 2. The van der Waals surface area contributed by atoms with Crippen LogP contribution in [0.5, 0.6) is 11.5 Å². The molecule has 19 nitrogen and oxygen atoms in total. The van der Waals surface area contributed by atoms with Gasteiger partial charge in [0.15, 0.2) is 0 Å². The first-order valence-corrected chi connectivity index (χ1v) is 30.9. The average Bonchev–Trinajstić information content (AvgIpc) is 1.72. The lowest BCUT2D eigenvalue weighted by molar-refractivity contribution is 0.261. The molecule has 476 valence electrons. The summed E-state index contributed by atoms with van der Waals surface area (Å²) in [6, 6.07) is 54.6. The van der Waals surface area contributed by atoms with Crippen molar-refractivity contribution in [1.29, 1.82) is 5.26 Å². The molecule has 0 aliphatic carbocycles. The van der Waals surface area contributed by atoms with Crippen molar-refractivity contribution in [2.24, 2.45) is 0 Å². The zero-order chi connectivity index (χ0) is 64.8. The van der Waals surface area contributed by atoms with Crippen LogP contribution in [0.25, 0.3) is 44.8 Å². The Hall–Kier alpha value is -10.2. The second-order valence-electron chi connectivity index (χ2n) is 23.4. The molecule has 0 spiro atoms. The van der Waals surface area contributed by atoms with Crippen LogP contribution in [0.3, 0.4) is 0 Å². The third-order valence-electron chi connectivity index (χ3n) is 14.8. The van der Waals surface area contributed by atoms with Crippen LogP contribution in [-0.2, 0) is 25.9 Å². The van der Waals surface area contributed by atoms with E-state index in [9.17, 15) is 14.9 Å². The summed E-state index contributed by atoms with van der Waals surface area (Å²) >= 11 is 0. The molecule has 4 amide bonds. The first-order chi connectivity index (χ1) is 44.6. The monoisotopic (exact) mass is 1240 g/mol. The minimum Gasteiger partial charge on any atom is -0.494 e. The van der Waals surface area contributed by atoms with Gasteiger partial charge in [0.05, 0.1) is 41.4 Å². The molecule has 92 heavy (non-hydrogen) atoms. The molecule has 0 unspecified atom stereocenters. The number of nitrogens with one attached hydrogen (secondary N) is 6. The summed E-state index contributed by atoms with van der Waals surface area (Å²) in [4.78, 5) is 42.6. The number of hydrogen-bond donors (Lipinski definition) is 6. The Morgan fingerprint density at radius 1 is 0.500 bits per heavy atom. The van der Waals surface area contributed by atoms with Crippen LogP contribution in [0.1, 0.15) is 40.7 Å². The summed E-state index contributed by atoms with van der Waals surface area (Å²) < 4.78 is 23.9. The molecule has 19 heteroatoms. The number of urea groups is 2. The van der Waals surface area contributed by atoms with Gasteiger partial charge in [-0.3, -0.25) is 0 Å². The molecule has 0 atom stereocenters. The molecule has 0 radical (unpaired) electrons. The summed E-state index contributed by atoms with van der Waals surface area (Å²) in [5.41, 5.74) is 12.4. The Labute approximate surface area is 539 Å². The van der Waals surface area contributed by atoms with Crippen molar-refractivity contribution in [3.63, 3.8) is 0 Å². The number of fused-ring (bicyclic) bond motifs is 2. The van der Waals surface area contributed by atoms with Crippen molar-refractivity contribution in [3.05, 3.63) is 204 Å². The molecule has 6 aromatic carbocycles. The number of aromatic nitrogens is 2. The highest BCUT2D eigenvalue weighted by Gasteiger charge is 2.17. The van der Waals surface area contributed by atoms with Gasteiger partial charge in [0.25, 0.3) is 0 Å². The average molecular weight is 1240 g/mol. The van der Waals surface area contributed by atoms with Gasteiger partial charge in [0.2, 0.25) is 11.4 Å². The van der Waals surface area contributed by atoms with Crippen LogP contribution in [0.4, 0.5) is 43.7 Å². The minimum absolute atomic E-state index is 0.267. The van der Waals surface area contributed by atoms with Crippen molar-refractivity contribution in [2.75, 3.05) is 128 Å². The molecule has 0 aliphatic heterocycles. The van der Waals surface area contributed by atoms with Crippen LogP contribution in [-0.4, -0.2) is 137 Å². The van der Waals surface area contributed by atoms with E-state index in [0.29, 0.717) is 60.3 Å². The number of nitrogens with zero attached hydrogens (tertiary/aromatic N) is 7. The molecule has 4 aromatic heterocycles. The Morgan fingerprint density at radius 2 is 0.957 bits per heavy atom. The lowest BCUT2D eigenvalue weighted by Gasteiger charge is -2.15. The van der Waals surface area contributed by atoms with E-state index in [1.807, 2.05) is 206 Å². The summed E-state index contributed by atoms with van der Waals surface area (Å²) in [5, 5.41) is 30.2. The van der Waals surface area contributed by atoms with Gasteiger partial charge in [-0.1, -0.05) is 60.7 Å². The Bertz CT molecular complexity index is 4030. The van der Waals surface area contributed by atoms with Crippen LogP contribution >= 0.6 is 0 Å². The first kappa shape index (κ1) is 66.2. The second-order valence-corrected chi connectivity index (χ2v) is 23.4. The maximum atomic E-state index is 12.7. The van der Waals surface area contributed by atoms with Crippen LogP contribution in [0.2, 0.25) is 0 Å². The highest BCUT2D eigenvalue weighted by molar-refractivity contribution is 6.01. The lowest BCUT2D eigenvalue weighted by Crippen LogP contribution is -2.21. The van der Waals surface area contributed by atoms with E-state index in [2.05, 4.69) is 81.6 Å². The third kappa shape index (κ3) is 19.6. The van der Waals surface area contributed by atoms with E-state index in [1.54, 1.807) is 6.20 Å². The Kier molecular flexibility index (Phi) is 23.8. The highest BCUT2D eigenvalue weighted by atomic mass is 16.5. The molecule has 4 heterocycles. The molecule has 0 saturated heterocycles. The summed E-state index contributed by atoms with van der Waals surface area (Å²) in [7, 11) is 16.2. The van der Waals surface area contributed by atoms with E-state index in [0.717, 1.165) is 136 Å². The van der Waals surface area contributed by atoms with Crippen molar-refractivity contribution in [1.82, 2.24) is 29.6 Å². The van der Waals surface area contributed by atoms with Crippen molar-refractivity contribution < 1.29 is 27.9 Å². The van der Waals surface area contributed by atoms with Crippen LogP contribution in [0.15, 0.2) is 185 Å². The normalized spacial score (nSPS) is 11.2. The van der Waals surface area contributed by atoms with Gasteiger partial charge < -0.3 is 69.8 Å². The fourth-order valence-corrected chi connectivity index (χ4v) is 10.2. The number of nitriles is 1. The van der Waals surface area contributed by atoms with Crippen molar-refractivity contribution in [3.8, 4) is 40.2 Å². The first-order valence-electron chi connectivity index (χ1n) is 30.9. The standard InChI is InChI=1S/C37H41N7O3.C36H42N6O3/c1-43(2)20-7-21-46-31-16-12-27(13-17-31)34-22-32-35(29(23-38)24-40-36(32)47-34)39-19-18-26-10-14-30(15-11-26)41-37(45)42-33-9-6-5-8-28(33)25-44(3)4;1-41(2)22-7-23-44-30-16-12-27(13-17-30)34-24-31-33(19-21-38-35(31)45-34)37-20-18-26-10-14-29(15-11-26)39-36(43)40-32-9-6-5-8-28(32)25-42(3)4/h5-6,8-17,22,24H,7,18-21,25H2,1-4H3,(H,39,40)(H2,41,42,45);5-6,8-17,19,21,24H,7,18,20,22-23,25H2,1-4H3,(H,37,38)(H2,39,40,43). The van der Waals surface area contributed by atoms with Crippen molar-refractivity contribution in [2.45, 2.75) is 38.8 Å². The number of para-hydroxylation sites is 2. The molecule has 0 fully saturated rings. The molecular formula is C73H83N13O6. The van der Waals surface area contributed by atoms with E-state index in [1.165, 1.54) is 6.20 Å². The van der Waals surface area contributed by atoms with Gasteiger partial charge in [0, 0.05) is 85.0 Å². The summed E-state index contributed by atoms with van der Waals surface area (Å²) in [6.07, 6.45) is 6.75. The quantitative estimate of drug-likeness (QED) is 0.0252. The number of carbonyl (C=O) groups excluding carboxylic acids is 2. The molecule has 10 rings (SSSR count). The van der Waals surface area contributed by atoms with E-state index >= 15 is 0 Å². The van der Waals surface area contributed by atoms with Crippen molar-refractivity contribution >= 4 is 68.4 Å². The smallest absolute Gasteiger partial charge is 0.323 e. The number of hydrogen-bond acceptors (Lipinski definition) is 15. The second kappa shape index (κ2) is 33.0. The molecule has 10 aromatic rings. The van der Waals surface area contributed by atoms with Gasteiger partial charge in [0.1, 0.15) is 29.1 Å². The van der Waals surface area contributed by atoms with Gasteiger partial charge in [-0.05, 0) is 207 Å². The van der Waals surface area contributed by atoms with E-state index in [4.69, 9.17) is 18.3 Å². The van der Waals surface area contributed by atoms with Gasteiger partial charge in [-0.25, -0.2) is 19.6 Å². The summed E-state index contributed by atoms with van der Waals surface area (Å²) in [5.74, 6) is 3.09. The zero-order valence-electron chi connectivity index (χ0n) is 53.8.